The maximum absolute atomic E-state index is 11.8. The summed E-state index contributed by atoms with van der Waals surface area (Å²) >= 11 is 0. The number of hydrogen-bond donors (Lipinski definition) is 3. The van der Waals surface area contributed by atoms with Crippen molar-refractivity contribution in [3.8, 4) is 0 Å². The van der Waals surface area contributed by atoms with Gasteiger partial charge in [-0.25, -0.2) is 4.79 Å². The van der Waals surface area contributed by atoms with Crippen LogP contribution in [0.25, 0.3) is 0 Å². The van der Waals surface area contributed by atoms with Crippen molar-refractivity contribution in [1.29, 1.82) is 0 Å². The molecule has 3 N–H and O–H groups in total. The van der Waals surface area contributed by atoms with Gasteiger partial charge < -0.3 is 15.7 Å². The number of carbonyl (C=O) groups is 1. The molecule has 2 rings (SSSR count). The maximum Gasteiger partial charge on any atom is 0.319 e. The van der Waals surface area contributed by atoms with Crippen LogP contribution in [0, 0.1) is 17.0 Å². The minimum Gasteiger partial charge on any atom is -0.387 e. The summed E-state index contributed by atoms with van der Waals surface area (Å²) in [6, 6.07) is 12.8. The lowest BCUT2D eigenvalue weighted by Crippen LogP contribution is -2.32. The number of aliphatic hydroxyl groups excluding tert-OH is 1. The van der Waals surface area contributed by atoms with Crippen molar-refractivity contribution < 1.29 is 14.8 Å². The van der Waals surface area contributed by atoms with Gasteiger partial charge in [0.2, 0.25) is 0 Å². The third-order valence-corrected chi connectivity index (χ3v) is 3.30. The van der Waals surface area contributed by atoms with E-state index in [4.69, 9.17) is 0 Å². The topological polar surface area (TPSA) is 104 Å². The largest absolute Gasteiger partial charge is 0.387 e. The molecular formula is C16H17N3O4. The van der Waals surface area contributed by atoms with Crippen molar-refractivity contribution in [2.45, 2.75) is 13.0 Å². The third kappa shape index (κ3) is 4.52. The number of nitro benzene ring substituents is 1. The Balaban J connectivity index is 1.92. The van der Waals surface area contributed by atoms with Gasteiger partial charge in [-0.05, 0) is 18.6 Å². The highest BCUT2D eigenvalue weighted by atomic mass is 16.6. The monoisotopic (exact) mass is 315 g/mol. The summed E-state index contributed by atoms with van der Waals surface area (Å²) in [5, 5.41) is 25.9. The highest BCUT2D eigenvalue weighted by Gasteiger charge is 2.13. The molecule has 0 heterocycles. The number of carbonyl (C=O) groups excluding carboxylic acids is 1. The summed E-state index contributed by atoms with van der Waals surface area (Å²) in [5.41, 5.74) is 1.46. The van der Waals surface area contributed by atoms with E-state index in [9.17, 15) is 20.0 Å². The number of hydrogen-bond acceptors (Lipinski definition) is 4. The number of amides is 2. The van der Waals surface area contributed by atoms with Crippen LogP contribution < -0.4 is 10.6 Å². The van der Waals surface area contributed by atoms with E-state index >= 15 is 0 Å². The van der Waals surface area contributed by atoms with Crippen molar-refractivity contribution in [2.24, 2.45) is 0 Å². The number of nitrogens with one attached hydrogen (secondary N) is 2. The standard InChI is InChI=1S/C16H17N3O4/c1-11-7-8-13(9-14(11)19(22)23)18-16(21)17-10-15(20)12-5-3-2-4-6-12/h2-9,15,20H,10H2,1H3,(H2,17,18,21). The Morgan fingerprint density at radius 3 is 2.61 bits per heavy atom. The minimum absolute atomic E-state index is 0.0315. The highest BCUT2D eigenvalue weighted by Crippen LogP contribution is 2.22. The number of rotatable bonds is 5. The molecule has 0 saturated heterocycles. The number of nitro groups is 1. The van der Waals surface area contributed by atoms with Crippen molar-refractivity contribution in [3.63, 3.8) is 0 Å². The molecule has 0 radical (unpaired) electrons. The lowest BCUT2D eigenvalue weighted by Gasteiger charge is -2.13. The predicted octanol–water partition coefficient (Wildman–Crippen LogP) is 2.76. The van der Waals surface area contributed by atoms with Crippen LogP contribution in [0.15, 0.2) is 48.5 Å². The molecule has 0 aliphatic rings. The molecule has 7 heteroatoms. The molecule has 1 atom stereocenters. The smallest absolute Gasteiger partial charge is 0.319 e. The van der Waals surface area contributed by atoms with Crippen molar-refractivity contribution in [3.05, 3.63) is 69.8 Å². The first kappa shape index (κ1) is 16.4. The predicted molar refractivity (Wildman–Crippen MR) is 86.3 cm³/mol. The van der Waals surface area contributed by atoms with Crippen LogP contribution in [0.3, 0.4) is 0 Å². The molecule has 0 aromatic heterocycles. The summed E-state index contributed by atoms with van der Waals surface area (Å²) in [7, 11) is 0. The Hall–Kier alpha value is -2.93. The fraction of sp³-hybridized carbons (Fsp3) is 0.188. The van der Waals surface area contributed by atoms with Crippen LogP contribution in [-0.4, -0.2) is 22.6 Å². The van der Waals surface area contributed by atoms with Crippen LogP contribution in [0.4, 0.5) is 16.2 Å². The molecule has 2 amide bonds. The number of nitrogens with zero attached hydrogens (tertiary/aromatic N) is 1. The lowest BCUT2D eigenvalue weighted by molar-refractivity contribution is -0.385. The van der Waals surface area contributed by atoms with E-state index in [0.29, 0.717) is 16.8 Å². The maximum atomic E-state index is 11.8. The molecule has 0 aliphatic heterocycles. The van der Waals surface area contributed by atoms with Gasteiger partial charge in [0.05, 0.1) is 11.0 Å². The highest BCUT2D eigenvalue weighted by molar-refractivity contribution is 5.89. The van der Waals surface area contributed by atoms with Gasteiger partial charge in [0.25, 0.3) is 5.69 Å². The molecular weight excluding hydrogens is 298 g/mol. The van der Waals surface area contributed by atoms with E-state index < -0.39 is 17.1 Å². The average Bonchev–Trinajstić information content (AvgIpc) is 2.55. The molecule has 0 fully saturated rings. The number of aliphatic hydroxyl groups is 1. The minimum atomic E-state index is -0.825. The first-order chi connectivity index (χ1) is 11.0. The van der Waals surface area contributed by atoms with Crippen molar-refractivity contribution in [1.82, 2.24) is 5.32 Å². The van der Waals surface area contributed by atoms with E-state index in [1.807, 2.05) is 6.07 Å². The van der Waals surface area contributed by atoms with Gasteiger partial charge in [-0.1, -0.05) is 36.4 Å². The zero-order valence-corrected chi connectivity index (χ0v) is 12.5. The van der Waals surface area contributed by atoms with E-state index in [-0.39, 0.29) is 12.2 Å². The Kier molecular flexibility index (Phi) is 5.27. The first-order valence-corrected chi connectivity index (χ1v) is 7.00. The van der Waals surface area contributed by atoms with Gasteiger partial charge in [-0.15, -0.1) is 0 Å². The normalized spacial score (nSPS) is 11.6. The number of benzene rings is 2. The average molecular weight is 315 g/mol. The molecule has 0 aliphatic carbocycles. The Morgan fingerprint density at radius 2 is 1.96 bits per heavy atom. The summed E-state index contributed by atoms with van der Waals surface area (Å²) < 4.78 is 0. The molecule has 2 aromatic rings. The van der Waals surface area contributed by atoms with Crippen LogP contribution in [0.2, 0.25) is 0 Å². The van der Waals surface area contributed by atoms with Crippen LogP contribution >= 0.6 is 0 Å². The Morgan fingerprint density at radius 1 is 1.26 bits per heavy atom. The van der Waals surface area contributed by atoms with E-state index in [0.717, 1.165) is 0 Å². The summed E-state index contributed by atoms with van der Waals surface area (Å²) in [4.78, 5) is 22.2. The Bertz CT molecular complexity index is 704. The van der Waals surface area contributed by atoms with Gasteiger partial charge in [0.1, 0.15) is 0 Å². The molecule has 0 bridgehead atoms. The van der Waals surface area contributed by atoms with Gasteiger partial charge >= 0.3 is 6.03 Å². The second-order valence-electron chi connectivity index (χ2n) is 5.02. The molecule has 7 nitrogen and oxygen atoms in total. The molecule has 0 saturated carbocycles. The second kappa shape index (κ2) is 7.37. The van der Waals surface area contributed by atoms with Crippen molar-refractivity contribution in [2.75, 3.05) is 11.9 Å². The van der Waals surface area contributed by atoms with Gasteiger partial charge in [0, 0.05) is 23.9 Å². The van der Waals surface area contributed by atoms with Crippen LogP contribution in [-0.2, 0) is 0 Å². The first-order valence-electron chi connectivity index (χ1n) is 7.00. The molecule has 23 heavy (non-hydrogen) atoms. The Labute approximate surface area is 133 Å². The van der Waals surface area contributed by atoms with E-state index in [1.165, 1.54) is 6.07 Å². The second-order valence-corrected chi connectivity index (χ2v) is 5.02. The fourth-order valence-corrected chi connectivity index (χ4v) is 2.04. The SMILES string of the molecule is Cc1ccc(NC(=O)NCC(O)c2ccccc2)cc1[N+](=O)[O-]. The van der Waals surface area contributed by atoms with Crippen LogP contribution in [0.5, 0.6) is 0 Å². The van der Waals surface area contributed by atoms with E-state index in [2.05, 4.69) is 10.6 Å². The molecule has 0 spiro atoms. The number of urea groups is 1. The third-order valence-electron chi connectivity index (χ3n) is 3.30. The van der Waals surface area contributed by atoms with Gasteiger partial charge in [0.15, 0.2) is 0 Å². The van der Waals surface area contributed by atoms with Gasteiger partial charge in [-0.2, -0.15) is 0 Å². The quantitative estimate of drug-likeness (QED) is 0.583. The summed E-state index contributed by atoms with van der Waals surface area (Å²) in [6.45, 7) is 1.65. The summed E-state index contributed by atoms with van der Waals surface area (Å²) in [6.07, 6.45) is -0.825. The fourth-order valence-electron chi connectivity index (χ4n) is 2.04. The van der Waals surface area contributed by atoms with Gasteiger partial charge in [-0.3, -0.25) is 10.1 Å². The molecule has 1 unspecified atom stereocenters. The zero-order chi connectivity index (χ0) is 16.8. The summed E-state index contributed by atoms with van der Waals surface area (Å²) in [5.74, 6) is 0. The van der Waals surface area contributed by atoms with Crippen LogP contribution in [0.1, 0.15) is 17.2 Å². The number of aryl methyl sites for hydroxylation is 1. The zero-order valence-electron chi connectivity index (χ0n) is 12.5. The number of anilines is 1. The van der Waals surface area contributed by atoms with E-state index in [1.54, 1.807) is 43.3 Å². The molecule has 2 aromatic carbocycles. The molecule has 120 valence electrons. The van der Waals surface area contributed by atoms with Crippen molar-refractivity contribution >= 4 is 17.4 Å². The lowest BCUT2D eigenvalue weighted by atomic mass is 10.1.